The zero-order chi connectivity index (χ0) is 25.8. The Hall–Kier alpha value is -4.21. The molecule has 2 aliphatic rings. The molecule has 0 bridgehead atoms. The van der Waals surface area contributed by atoms with E-state index < -0.39 is 18.1 Å². The summed E-state index contributed by atoms with van der Waals surface area (Å²) < 4.78 is 45.1. The van der Waals surface area contributed by atoms with E-state index in [1.807, 2.05) is 17.8 Å². The molecule has 3 heterocycles. The lowest BCUT2D eigenvalue weighted by atomic mass is 9.60. The molecule has 1 aromatic carbocycles. The van der Waals surface area contributed by atoms with Gasteiger partial charge in [-0.25, -0.2) is 9.31 Å². The number of likely N-dealkylation sites (tertiary alicyclic amines) is 1. The average Bonchev–Trinajstić information content (AvgIpc) is 3.33. The van der Waals surface area contributed by atoms with Crippen LogP contribution < -0.4 is 10.1 Å². The van der Waals surface area contributed by atoms with Gasteiger partial charge < -0.3 is 24.4 Å². The number of halogens is 3. The summed E-state index contributed by atoms with van der Waals surface area (Å²) in [6, 6.07) is 4.38. The van der Waals surface area contributed by atoms with Gasteiger partial charge in [0, 0.05) is 62.8 Å². The second-order valence-corrected chi connectivity index (χ2v) is 9.41. The van der Waals surface area contributed by atoms with Crippen LogP contribution in [0.3, 0.4) is 0 Å². The van der Waals surface area contributed by atoms with Crippen LogP contribution in [-0.2, 0) is 7.05 Å². The number of aryl methyl sites for hydroxylation is 1. The molecule has 1 spiro atoms. The number of carbonyl (C=O) groups excluding carboxylic acids is 2. The number of anilines is 1. The number of hydrogen-bond acceptors (Lipinski definition) is 5. The van der Waals surface area contributed by atoms with Gasteiger partial charge in [-0.15, -0.1) is 13.2 Å². The fourth-order valence-corrected chi connectivity index (χ4v) is 5.06. The van der Waals surface area contributed by atoms with Crippen molar-refractivity contribution in [3.05, 3.63) is 47.9 Å². The summed E-state index contributed by atoms with van der Waals surface area (Å²) in [4.78, 5) is 28.9. The molecule has 13 heteroatoms. The van der Waals surface area contributed by atoms with Crippen LogP contribution in [0.15, 0.2) is 36.8 Å². The maximum atomic E-state index is 13.0. The molecule has 2 fully saturated rings. The molecule has 1 saturated carbocycles. The SMILES string of the molecule is CN(C(=O)Nc1cc(C#N)cc(OC(F)(F)F)c1)C1CC2(C1)CN(C(=O)c1cnn3ccn(C)c13)C2. The van der Waals surface area contributed by atoms with E-state index in [2.05, 4.69) is 15.2 Å². The summed E-state index contributed by atoms with van der Waals surface area (Å²) in [5.74, 6) is -0.673. The molecule has 1 N–H and O–H groups in total. The Balaban J connectivity index is 1.17. The van der Waals surface area contributed by atoms with Crippen molar-refractivity contribution in [2.45, 2.75) is 25.2 Å². The molecule has 3 aromatic rings. The number of urea groups is 1. The number of amides is 3. The van der Waals surface area contributed by atoms with Crippen LogP contribution in [-0.4, -0.2) is 68.5 Å². The van der Waals surface area contributed by atoms with Gasteiger partial charge >= 0.3 is 12.4 Å². The molecule has 1 saturated heterocycles. The molecule has 188 valence electrons. The van der Waals surface area contributed by atoms with Crippen molar-refractivity contribution >= 4 is 23.3 Å². The van der Waals surface area contributed by atoms with E-state index in [0.29, 0.717) is 31.5 Å². The van der Waals surface area contributed by atoms with Crippen LogP contribution in [0.5, 0.6) is 5.75 Å². The summed E-state index contributed by atoms with van der Waals surface area (Å²) in [6.07, 6.45) is 1.66. The number of nitrogens with zero attached hydrogens (tertiary/aromatic N) is 6. The standard InChI is InChI=1S/C23H22F3N7O3/c1-30-3-4-33-19(30)18(11-28-33)20(34)32-12-22(13-32)8-16(9-22)31(2)21(35)29-15-5-14(10-27)6-17(7-15)36-23(24,25)26/h3-7,11,16H,8-9,12-13H2,1-2H3,(H,29,35). The molecule has 3 amide bonds. The quantitative estimate of drug-likeness (QED) is 0.591. The Morgan fingerprint density at radius 3 is 2.64 bits per heavy atom. The van der Waals surface area contributed by atoms with Gasteiger partial charge in [-0.2, -0.15) is 10.4 Å². The van der Waals surface area contributed by atoms with Crippen LogP contribution in [0.2, 0.25) is 0 Å². The number of fused-ring (bicyclic) bond motifs is 1. The van der Waals surface area contributed by atoms with Crippen LogP contribution >= 0.6 is 0 Å². The summed E-state index contributed by atoms with van der Waals surface area (Å²) >= 11 is 0. The number of carbonyl (C=O) groups is 2. The maximum absolute atomic E-state index is 13.0. The van der Waals surface area contributed by atoms with Gasteiger partial charge in [-0.05, 0) is 25.0 Å². The molecule has 0 radical (unpaired) electrons. The lowest BCUT2D eigenvalue weighted by Gasteiger charge is -2.60. The van der Waals surface area contributed by atoms with E-state index in [4.69, 9.17) is 5.26 Å². The Bertz CT molecular complexity index is 1390. The number of benzene rings is 1. The van der Waals surface area contributed by atoms with Gasteiger partial charge in [0.25, 0.3) is 5.91 Å². The second-order valence-electron chi connectivity index (χ2n) is 9.41. The number of imidazole rings is 1. The summed E-state index contributed by atoms with van der Waals surface area (Å²) in [6.45, 7) is 1.17. The maximum Gasteiger partial charge on any atom is 0.573 e. The molecular formula is C23H22F3N7O3. The highest BCUT2D eigenvalue weighted by Gasteiger charge is 2.55. The number of aromatic nitrogens is 3. The van der Waals surface area contributed by atoms with E-state index in [9.17, 15) is 22.8 Å². The zero-order valence-corrected chi connectivity index (χ0v) is 19.4. The first-order chi connectivity index (χ1) is 17.0. The smallest absolute Gasteiger partial charge is 0.406 e. The Labute approximate surface area is 203 Å². The van der Waals surface area contributed by atoms with Crippen molar-refractivity contribution < 1.29 is 27.5 Å². The van der Waals surface area contributed by atoms with Gasteiger partial charge in [0.1, 0.15) is 17.0 Å². The van der Waals surface area contributed by atoms with Gasteiger partial charge in [0.05, 0.1) is 17.8 Å². The van der Waals surface area contributed by atoms with Gasteiger partial charge in [0.2, 0.25) is 0 Å². The number of nitrogens with one attached hydrogen (secondary N) is 1. The summed E-state index contributed by atoms with van der Waals surface area (Å²) in [7, 11) is 3.46. The van der Waals surface area contributed by atoms with E-state index in [1.54, 1.807) is 34.9 Å². The van der Waals surface area contributed by atoms with E-state index in [1.165, 1.54) is 11.0 Å². The Morgan fingerprint density at radius 1 is 1.25 bits per heavy atom. The molecule has 0 atom stereocenters. The largest absolute Gasteiger partial charge is 0.573 e. The fourth-order valence-electron chi connectivity index (χ4n) is 5.06. The number of hydrogen-bond donors (Lipinski definition) is 1. The van der Waals surface area contributed by atoms with E-state index in [0.717, 1.165) is 17.8 Å². The van der Waals surface area contributed by atoms with Crippen LogP contribution in [0.25, 0.3) is 5.65 Å². The van der Waals surface area contributed by atoms with Gasteiger partial charge in [-0.3, -0.25) is 4.79 Å². The first-order valence-electron chi connectivity index (χ1n) is 11.1. The molecule has 2 aromatic heterocycles. The normalized spacial score (nSPS) is 16.8. The van der Waals surface area contributed by atoms with E-state index in [-0.39, 0.29) is 28.6 Å². The number of ether oxygens (including phenoxy) is 1. The lowest BCUT2D eigenvalue weighted by Crippen LogP contribution is -2.67. The minimum Gasteiger partial charge on any atom is -0.406 e. The molecule has 36 heavy (non-hydrogen) atoms. The fraction of sp³-hybridized carbons (Fsp3) is 0.391. The monoisotopic (exact) mass is 501 g/mol. The molecule has 0 unspecified atom stereocenters. The number of alkyl halides is 3. The predicted molar refractivity (Wildman–Crippen MR) is 120 cm³/mol. The molecular weight excluding hydrogens is 479 g/mol. The predicted octanol–water partition coefficient (Wildman–Crippen LogP) is 3.21. The number of nitriles is 1. The van der Waals surface area contributed by atoms with Crippen molar-refractivity contribution in [2.24, 2.45) is 12.5 Å². The third kappa shape index (κ3) is 4.19. The van der Waals surface area contributed by atoms with Gasteiger partial charge in [0.15, 0.2) is 0 Å². The van der Waals surface area contributed by atoms with Crippen LogP contribution in [0.1, 0.15) is 28.8 Å². The van der Waals surface area contributed by atoms with Crippen molar-refractivity contribution in [1.29, 1.82) is 5.26 Å². The average molecular weight is 501 g/mol. The number of rotatable bonds is 4. The highest BCUT2D eigenvalue weighted by Crippen LogP contribution is 2.50. The summed E-state index contributed by atoms with van der Waals surface area (Å²) in [5.41, 5.74) is 1.16. The first-order valence-corrected chi connectivity index (χ1v) is 11.1. The molecule has 1 aliphatic carbocycles. The minimum atomic E-state index is -4.92. The summed E-state index contributed by atoms with van der Waals surface area (Å²) in [5, 5.41) is 15.8. The third-order valence-electron chi connectivity index (χ3n) is 6.83. The Morgan fingerprint density at radius 2 is 1.97 bits per heavy atom. The van der Waals surface area contributed by atoms with E-state index >= 15 is 0 Å². The van der Waals surface area contributed by atoms with Crippen molar-refractivity contribution in [3.63, 3.8) is 0 Å². The molecule has 10 nitrogen and oxygen atoms in total. The van der Waals surface area contributed by atoms with Crippen molar-refractivity contribution in [1.82, 2.24) is 24.0 Å². The van der Waals surface area contributed by atoms with Crippen molar-refractivity contribution in [3.8, 4) is 11.8 Å². The second kappa shape index (κ2) is 8.18. The Kier molecular flexibility index (Phi) is 5.35. The third-order valence-corrected chi connectivity index (χ3v) is 6.83. The first kappa shape index (κ1) is 23.5. The minimum absolute atomic E-state index is 0.0211. The zero-order valence-electron chi connectivity index (χ0n) is 19.4. The van der Waals surface area contributed by atoms with Crippen molar-refractivity contribution in [2.75, 3.05) is 25.5 Å². The highest BCUT2D eigenvalue weighted by molar-refractivity contribution is 6.00. The topological polar surface area (TPSA) is 108 Å². The van der Waals surface area contributed by atoms with Gasteiger partial charge in [-0.1, -0.05) is 0 Å². The lowest BCUT2D eigenvalue weighted by molar-refractivity contribution is -0.274. The van der Waals surface area contributed by atoms with Crippen LogP contribution in [0.4, 0.5) is 23.7 Å². The molecule has 1 aliphatic heterocycles. The molecule has 5 rings (SSSR count). The van der Waals surface area contributed by atoms with Crippen LogP contribution in [0, 0.1) is 16.7 Å². The highest BCUT2D eigenvalue weighted by atomic mass is 19.4.